The lowest BCUT2D eigenvalue weighted by atomic mass is 9.97. The first-order valence-corrected chi connectivity index (χ1v) is 12.2. The Morgan fingerprint density at radius 2 is 1.94 bits per heavy atom. The van der Waals surface area contributed by atoms with Crippen LogP contribution in [0.5, 0.6) is 11.5 Å². The highest BCUT2D eigenvalue weighted by Gasteiger charge is 2.29. The number of hydrogen-bond donors (Lipinski definition) is 2. The zero-order valence-corrected chi connectivity index (χ0v) is 19.3. The van der Waals surface area contributed by atoms with Crippen LogP contribution < -0.4 is 14.8 Å². The van der Waals surface area contributed by atoms with Gasteiger partial charge in [-0.1, -0.05) is 45.1 Å². The molecule has 2 aliphatic rings. The molecule has 0 saturated carbocycles. The molecule has 2 N–H and O–H groups in total. The smallest absolute Gasteiger partial charge is 0.220 e. The summed E-state index contributed by atoms with van der Waals surface area (Å²) in [5.41, 5.74) is 0.752. The van der Waals surface area contributed by atoms with Crippen LogP contribution in [0.25, 0.3) is 0 Å². The first kappa shape index (κ1) is 23.9. The zero-order valence-electron chi connectivity index (χ0n) is 19.3. The van der Waals surface area contributed by atoms with Crippen LogP contribution in [0, 0.1) is 0 Å². The van der Waals surface area contributed by atoms with E-state index in [9.17, 15) is 9.90 Å². The lowest BCUT2D eigenvalue weighted by molar-refractivity contribution is -0.123. The Morgan fingerprint density at radius 3 is 2.71 bits per heavy atom. The number of unbranched alkanes of at least 4 members (excludes halogenated alkanes) is 4. The number of carbonyl (C=O) groups excluding carboxylic acids is 1. The molecule has 1 saturated heterocycles. The van der Waals surface area contributed by atoms with Gasteiger partial charge in [0.2, 0.25) is 5.91 Å². The van der Waals surface area contributed by atoms with Crippen molar-refractivity contribution in [1.82, 2.24) is 10.2 Å². The monoisotopic (exact) mass is 432 g/mol. The van der Waals surface area contributed by atoms with Gasteiger partial charge in [0.1, 0.15) is 19.3 Å². The van der Waals surface area contributed by atoms with E-state index in [1.807, 2.05) is 18.2 Å². The average molecular weight is 433 g/mol. The Balaban J connectivity index is 1.66. The number of likely N-dealkylation sites (tertiary alicyclic amines) is 1. The number of aliphatic hydroxyl groups is 1. The standard InChI is InChI=1S/C25H40N2O4/c1-3-4-5-6-7-11-24(28)26-21(18-27-14-9-8-10-19(27)2)25(29)20-12-13-22-23(17-20)31-16-15-30-22/h12-13,17,19,21,25,29H,3-11,14-16,18H2,1-2H3,(H,26,28)/t19?,21-,25-/m1/s1. The van der Waals surface area contributed by atoms with Crippen LogP contribution in [-0.4, -0.2) is 54.3 Å². The molecule has 0 bridgehead atoms. The van der Waals surface area contributed by atoms with Crippen LogP contribution in [0.4, 0.5) is 0 Å². The normalized spacial score (nSPS) is 20.8. The first-order chi connectivity index (χ1) is 15.1. The lowest BCUT2D eigenvalue weighted by Crippen LogP contribution is -2.50. The lowest BCUT2D eigenvalue weighted by Gasteiger charge is -2.37. The molecule has 1 unspecified atom stereocenters. The van der Waals surface area contributed by atoms with E-state index in [4.69, 9.17) is 9.47 Å². The van der Waals surface area contributed by atoms with Crippen LogP contribution in [0.2, 0.25) is 0 Å². The highest BCUT2D eigenvalue weighted by molar-refractivity contribution is 5.76. The van der Waals surface area contributed by atoms with E-state index in [-0.39, 0.29) is 11.9 Å². The first-order valence-electron chi connectivity index (χ1n) is 12.2. The minimum atomic E-state index is -0.797. The van der Waals surface area contributed by atoms with Gasteiger partial charge in [-0.15, -0.1) is 0 Å². The van der Waals surface area contributed by atoms with Crippen LogP contribution in [0.1, 0.15) is 83.3 Å². The van der Waals surface area contributed by atoms with E-state index >= 15 is 0 Å². The summed E-state index contributed by atoms with van der Waals surface area (Å²) in [7, 11) is 0. The number of nitrogens with one attached hydrogen (secondary N) is 1. The Bertz CT molecular complexity index is 696. The number of benzene rings is 1. The molecule has 2 heterocycles. The molecule has 0 aromatic heterocycles. The van der Waals surface area contributed by atoms with E-state index in [0.717, 1.165) is 31.4 Å². The van der Waals surface area contributed by atoms with Crippen LogP contribution in [0.15, 0.2) is 18.2 Å². The molecule has 6 heteroatoms. The number of rotatable bonds is 11. The second-order valence-corrected chi connectivity index (χ2v) is 9.03. The number of aliphatic hydroxyl groups excluding tert-OH is 1. The van der Waals surface area contributed by atoms with Crippen molar-refractivity contribution in [2.45, 2.75) is 89.8 Å². The molecule has 0 radical (unpaired) electrons. The van der Waals surface area contributed by atoms with Crippen LogP contribution in [0.3, 0.4) is 0 Å². The molecule has 6 nitrogen and oxygen atoms in total. The Kier molecular flexibility index (Phi) is 9.47. The Morgan fingerprint density at radius 1 is 1.16 bits per heavy atom. The van der Waals surface area contributed by atoms with Crippen LogP contribution in [-0.2, 0) is 4.79 Å². The van der Waals surface area contributed by atoms with Gasteiger partial charge in [0.15, 0.2) is 11.5 Å². The number of ether oxygens (including phenoxy) is 2. The minimum absolute atomic E-state index is 0.0303. The third kappa shape index (κ3) is 7.11. The summed E-state index contributed by atoms with van der Waals surface area (Å²) >= 11 is 0. The molecule has 0 aliphatic carbocycles. The maximum atomic E-state index is 12.7. The second kappa shape index (κ2) is 12.3. The van der Waals surface area contributed by atoms with Gasteiger partial charge in [-0.2, -0.15) is 0 Å². The van der Waals surface area contributed by atoms with Crippen molar-refractivity contribution in [3.8, 4) is 11.5 Å². The predicted molar refractivity (Wildman–Crippen MR) is 123 cm³/mol. The van der Waals surface area contributed by atoms with E-state index in [0.29, 0.717) is 43.7 Å². The highest BCUT2D eigenvalue weighted by Crippen LogP contribution is 2.33. The summed E-state index contributed by atoms with van der Waals surface area (Å²) < 4.78 is 11.3. The largest absolute Gasteiger partial charge is 0.486 e. The SMILES string of the molecule is CCCCCCCC(=O)N[C@H](CN1CCCCC1C)[C@H](O)c1ccc2c(c1)OCCO2. The summed E-state index contributed by atoms with van der Waals surface area (Å²) in [5, 5.41) is 14.4. The second-order valence-electron chi connectivity index (χ2n) is 9.03. The van der Waals surface area contributed by atoms with Crippen molar-refractivity contribution in [2.24, 2.45) is 0 Å². The third-order valence-electron chi connectivity index (χ3n) is 6.51. The summed E-state index contributed by atoms with van der Waals surface area (Å²) in [6.07, 6.45) is 8.89. The van der Waals surface area contributed by atoms with E-state index in [1.54, 1.807) is 0 Å². The van der Waals surface area contributed by atoms with E-state index in [1.165, 1.54) is 32.1 Å². The highest BCUT2D eigenvalue weighted by atomic mass is 16.6. The molecule has 1 aromatic rings. The summed E-state index contributed by atoms with van der Waals surface area (Å²) in [4.78, 5) is 15.1. The summed E-state index contributed by atoms with van der Waals surface area (Å²) in [5.74, 6) is 1.40. The van der Waals surface area contributed by atoms with Gasteiger partial charge in [0, 0.05) is 19.0 Å². The van der Waals surface area contributed by atoms with Gasteiger partial charge in [0.05, 0.1) is 6.04 Å². The molecule has 174 valence electrons. The number of fused-ring (bicyclic) bond motifs is 1. The molecule has 1 aromatic carbocycles. The van der Waals surface area contributed by atoms with Gasteiger partial charge in [-0.3, -0.25) is 9.69 Å². The molecule has 0 spiro atoms. The average Bonchev–Trinajstić information content (AvgIpc) is 2.79. The van der Waals surface area contributed by atoms with E-state index in [2.05, 4.69) is 24.1 Å². The fraction of sp³-hybridized carbons (Fsp3) is 0.720. The molecule has 3 atom stereocenters. The van der Waals surface area contributed by atoms with Crippen LogP contribution >= 0.6 is 0 Å². The molecule has 1 fully saturated rings. The molecular weight excluding hydrogens is 392 g/mol. The zero-order chi connectivity index (χ0) is 22.1. The van der Waals surface area contributed by atoms with Gasteiger partial charge >= 0.3 is 0 Å². The van der Waals surface area contributed by atoms with Gasteiger partial charge in [-0.05, 0) is 50.4 Å². The molecular formula is C25H40N2O4. The quantitative estimate of drug-likeness (QED) is 0.513. The molecule has 31 heavy (non-hydrogen) atoms. The fourth-order valence-electron chi connectivity index (χ4n) is 4.55. The van der Waals surface area contributed by atoms with Gasteiger partial charge < -0.3 is 19.9 Å². The maximum Gasteiger partial charge on any atom is 0.220 e. The number of hydrogen-bond acceptors (Lipinski definition) is 5. The maximum absolute atomic E-state index is 12.7. The summed E-state index contributed by atoms with van der Waals surface area (Å²) in [6, 6.07) is 5.69. The Hall–Kier alpha value is -1.79. The molecule has 2 aliphatic heterocycles. The topological polar surface area (TPSA) is 71.0 Å². The molecule has 1 amide bonds. The Labute approximate surface area is 187 Å². The van der Waals surface area contributed by atoms with Crippen molar-refractivity contribution in [3.05, 3.63) is 23.8 Å². The van der Waals surface area contributed by atoms with Gasteiger partial charge in [0.25, 0.3) is 0 Å². The fourth-order valence-corrected chi connectivity index (χ4v) is 4.55. The molecule has 3 rings (SSSR count). The number of nitrogens with zero attached hydrogens (tertiary/aromatic N) is 1. The third-order valence-corrected chi connectivity index (χ3v) is 6.51. The minimum Gasteiger partial charge on any atom is -0.486 e. The van der Waals surface area contributed by atoms with Crippen molar-refractivity contribution in [3.63, 3.8) is 0 Å². The van der Waals surface area contributed by atoms with Crippen molar-refractivity contribution >= 4 is 5.91 Å². The number of carbonyl (C=O) groups is 1. The number of amides is 1. The predicted octanol–water partition coefficient (Wildman–Crippen LogP) is 4.21. The van der Waals surface area contributed by atoms with Crippen molar-refractivity contribution in [2.75, 3.05) is 26.3 Å². The number of piperidine rings is 1. The van der Waals surface area contributed by atoms with E-state index < -0.39 is 6.10 Å². The van der Waals surface area contributed by atoms with Crippen molar-refractivity contribution < 1.29 is 19.4 Å². The van der Waals surface area contributed by atoms with Gasteiger partial charge in [-0.25, -0.2) is 0 Å². The summed E-state index contributed by atoms with van der Waals surface area (Å²) in [6.45, 7) is 7.14. The van der Waals surface area contributed by atoms with Crippen molar-refractivity contribution in [1.29, 1.82) is 0 Å².